The largest absolute Gasteiger partial charge is 0.454 e. The molecule has 1 aromatic carbocycles. The van der Waals surface area contributed by atoms with Crippen molar-refractivity contribution in [3.63, 3.8) is 0 Å². The first-order valence-corrected chi connectivity index (χ1v) is 8.36. The molecule has 1 atom stereocenters. The summed E-state index contributed by atoms with van der Waals surface area (Å²) < 4.78 is 12.1. The number of rotatable bonds is 5. The van der Waals surface area contributed by atoms with Crippen molar-refractivity contribution >= 4 is 22.6 Å². The summed E-state index contributed by atoms with van der Waals surface area (Å²) in [6.07, 6.45) is 9.91. The third kappa shape index (κ3) is 3.47. The number of fused-ring (bicyclic) bond motifs is 1. The van der Waals surface area contributed by atoms with Crippen LogP contribution in [-0.2, 0) is 6.54 Å². The summed E-state index contributed by atoms with van der Waals surface area (Å²) in [7, 11) is 0. The van der Waals surface area contributed by atoms with Gasteiger partial charge in [0.25, 0.3) is 0 Å². The summed E-state index contributed by atoms with van der Waals surface area (Å²) >= 11 is 2.36. The summed E-state index contributed by atoms with van der Waals surface area (Å²) in [6, 6.07) is 4.15. The molecule has 0 saturated carbocycles. The molecule has 0 amide bonds. The lowest BCUT2D eigenvalue weighted by molar-refractivity contribution is 0.174. The maximum Gasteiger partial charge on any atom is 0.231 e. The van der Waals surface area contributed by atoms with Gasteiger partial charge in [0.1, 0.15) is 0 Å². The molecule has 0 spiro atoms. The highest BCUT2D eigenvalue weighted by atomic mass is 127. The number of hydrogen-bond donors (Lipinski definition) is 1. The van der Waals surface area contributed by atoms with Crippen LogP contribution in [0.4, 0.5) is 0 Å². The van der Waals surface area contributed by atoms with Crippen molar-refractivity contribution in [1.82, 2.24) is 5.32 Å². The monoisotopic (exact) mass is 385 g/mol. The fourth-order valence-electron chi connectivity index (χ4n) is 2.73. The van der Waals surface area contributed by atoms with Crippen LogP contribution in [0.3, 0.4) is 0 Å². The van der Waals surface area contributed by atoms with Crippen molar-refractivity contribution in [3.05, 3.63) is 33.4 Å². The van der Waals surface area contributed by atoms with Gasteiger partial charge in [-0.15, -0.1) is 0 Å². The lowest BCUT2D eigenvalue weighted by Crippen LogP contribution is -2.18. The molecule has 20 heavy (non-hydrogen) atoms. The predicted octanol–water partition coefficient (Wildman–Crippen LogP) is 3.86. The maximum atomic E-state index is 5.43. The smallest absolute Gasteiger partial charge is 0.231 e. The minimum Gasteiger partial charge on any atom is -0.454 e. The Labute approximate surface area is 133 Å². The fourth-order valence-corrected chi connectivity index (χ4v) is 3.36. The molecule has 1 unspecified atom stereocenters. The lowest BCUT2D eigenvalue weighted by atomic mass is 9.93. The Bertz CT molecular complexity index is 501. The van der Waals surface area contributed by atoms with Crippen molar-refractivity contribution in [2.24, 2.45) is 5.92 Å². The normalized spacial score (nSPS) is 20.4. The first kappa shape index (κ1) is 14.2. The van der Waals surface area contributed by atoms with Crippen LogP contribution in [0.1, 0.15) is 31.2 Å². The standard InChI is InChI=1S/C16H20INO2/c17-14-9-16-15(19-11-20-16)8-13(14)10-18-7-6-12-4-2-1-3-5-12/h2,4,8-9,12,18H,1,3,5-7,10-11H2. The quantitative estimate of drug-likeness (QED) is 0.475. The minimum absolute atomic E-state index is 0.344. The average molecular weight is 385 g/mol. The number of halogens is 1. The second kappa shape index (κ2) is 6.80. The van der Waals surface area contributed by atoms with Crippen LogP contribution in [-0.4, -0.2) is 13.3 Å². The molecule has 2 aliphatic rings. The number of nitrogens with one attached hydrogen (secondary N) is 1. The van der Waals surface area contributed by atoms with Crippen LogP contribution >= 0.6 is 22.6 Å². The number of allylic oxidation sites excluding steroid dienone is 2. The molecule has 0 bridgehead atoms. The second-order valence-electron chi connectivity index (χ2n) is 5.38. The average Bonchev–Trinajstić information content (AvgIpc) is 2.91. The van der Waals surface area contributed by atoms with Gasteiger partial charge in [-0.3, -0.25) is 0 Å². The van der Waals surface area contributed by atoms with Crippen molar-refractivity contribution in [2.75, 3.05) is 13.3 Å². The zero-order valence-electron chi connectivity index (χ0n) is 11.5. The van der Waals surface area contributed by atoms with E-state index in [1.807, 2.05) is 0 Å². The number of hydrogen-bond acceptors (Lipinski definition) is 3. The Kier molecular flexibility index (Phi) is 4.83. The van der Waals surface area contributed by atoms with Gasteiger partial charge >= 0.3 is 0 Å². The topological polar surface area (TPSA) is 30.5 Å². The highest BCUT2D eigenvalue weighted by Gasteiger charge is 2.16. The molecule has 1 aromatic rings. The second-order valence-corrected chi connectivity index (χ2v) is 6.54. The number of benzene rings is 1. The van der Waals surface area contributed by atoms with Crippen molar-refractivity contribution in [2.45, 2.75) is 32.2 Å². The van der Waals surface area contributed by atoms with Crippen molar-refractivity contribution < 1.29 is 9.47 Å². The van der Waals surface area contributed by atoms with E-state index in [-0.39, 0.29) is 0 Å². The van der Waals surface area contributed by atoms with Gasteiger partial charge in [0, 0.05) is 10.1 Å². The SMILES string of the molecule is Ic1cc2c(cc1CNCCC1C=CCCC1)OCO2. The molecule has 1 heterocycles. The molecule has 1 aliphatic carbocycles. The molecule has 3 nitrogen and oxygen atoms in total. The molecular formula is C16H20INO2. The van der Waals surface area contributed by atoms with E-state index >= 15 is 0 Å². The Morgan fingerprint density at radius 1 is 1.25 bits per heavy atom. The van der Waals surface area contributed by atoms with E-state index in [0.717, 1.165) is 30.5 Å². The fraction of sp³-hybridized carbons (Fsp3) is 0.500. The molecule has 108 valence electrons. The third-order valence-electron chi connectivity index (χ3n) is 3.90. The van der Waals surface area contributed by atoms with Crippen LogP contribution < -0.4 is 14.8 Å². The van der Waals surface area contributed by atoms with Crippen molar-refractivity contribution in [3.8, 4) is 11.5 Å². The molecule has 1 aliphatic heterocycles. The van der Waals surface area contributed by atoms with E-state index in [2.05, 4.69) is 52.2 Å². The van der Waals surface area contributed by atoms with Gasteiger partial charge in [-0.2, -0.15) is 0 Å². The van der Waals surface area contributed by atoms with E-state index in [0.29, 0.717) is 6.79 Å². The molecule has 0 fully saturated rings. The number of ether oxygens (including phenoxy) is 2. The molecular weight excluding hydrogens is 365 g/mol. The maximum absolute atomic E-state index is 5.43. The van der Waals surface area contributed by atoms with Gasteiger partial charge in [-0.05, 0) is 78.4 Å². The van der Waals surface area contributed by atoms with Crippen LogP contribution in [0.25, 0.3) is 0 Å². The summed E-state index contributed by atoms with van der Waals surface area (Å²) in [4.78, 5) is 0. The van der Waals surface area contributed by atoms with E-state index in [4.69, 9.17) is 9.47 Å². The molecule has 0 aromatic heterocycles. The zero-order valence-corrected chi connectivity index (χ0v) is 13.7. The molecule has 4 heteroatoms. The van der Waals surface area contributed by atoms with Crippen LogP contribution in [0.5, 0.6) is 11.5 Å². The summed E-state index contributed by atoms with van der Waals surface area (Å²) in [5.74, 6) is 2.51. The molecule has 0 saturated heterocycles. The summed E-state index contributed by atoms with van der Waals surface area (Å²) in [5.41, 5.74) is 1.29. The molecule has 0 radical (unpaired) electrons. The summed E-state index contributed by atoms with van der Waals surface area (Å²) in [6.45, 7) is 2.31. The first-order valence-electron chi connectivity index (χ1n) is 7.28. The van der Waals surface area contributed by atoms with E-state index in [1.165, 1.54) is 34.8 Å². The lowest BCUT2D eigenvalue weighted by Gasteiger charge is -2.16. The third-order valence-corrected chi connectivity index (χ3v) is 4.91. The van der Waals surface area contributed by atoms with E-state index in [9.17, 15) is 0 Å². The predicted molar refractivity (Wildman–Crippen MR) is 88.1 cm³/mol. The Hall–Kier alpha value is -0.750. The van der Waals surface area contributed by atoms with Gasteiger partial charge in [0.15, 0.2) is 11.5 Å². The highest BCUT2D eigenvalue weighted by molar-refractivity contribution is 14.1. The van der Waals surface area contributed by atoms with Gasteiger partial charge in [-0.1, -0.05) is 12.2 Å². The van der Waals surface area contributed by atoms with E-state index in [1.54, 1.807) is 0 Å². The molecule has 3 rings (SSSR count). The van der Waals surface area contributed by atoms with Crippen LogP contribution in [0.15, 0.2) is 24.3 Å². The van der Waals surface area contributed by atoms with Crippen molar-refractivity contribution in [1.29, 1.82) is 0 Å². The Morgan fingerprint density at radius 3 is 2.90 bits per heavy atom. The molecule has 1 N–H and O–H groups in total. The van der Waals surface area contributed by atoms with Gasteiger partial charge in [-0.25, -0.2) is 0 Å². The summed E-state index contributed by atoms with van der Waals surface area (Å²) in [5, 5.41) is 3.55. The minimum atomic E-state index is 0.344. The van der Waals surface area contributed by atoms with E-state index < -0.39 is 0 Å². The van der Waals surface area contributed by atoms with Crippen LogP contribution in [0, 0.1) is 9.49 Å². The Balaban J connectivity index is 1.48. The Morgan fingerprint density at radius 2 is 2.10 bits per heavy atom. The highest BCUT2D eigenvalue weighted by Crippen LogP contribution is 2.35. The van der Waals surface area contributed by atoms with Gasteiger partial charge in [0.05, 0.1) is 0 Å². The van der Waals surface area contributed by atoms with Gasteiger partial charge in [0.2, 0.25) is 6.79 Å². The first-order chi connectivity index (χ1) is 9.83. The van der Waals surface area contributed by atoms with Gasteiger partial charge < -0.3 is 14.8 Å². The van der Waals surface area contributed by atoms with Crippen LogP contribution in [0.2, 0.25) is 0 Å². The zero-order chi connectivity index (χ0) is 13.8.